The van der Waals surface area contributed by atoms with Crippen molar-refractivity contribution in [2.45, 2.75) is 56.2 Å². The SMILES string of the molecule is CCCc1cc(N2CCC(NCC(O)c3ccc(S(=O)(=O)NCc4ccccc4)cc3)CC2)nc2sc(C(=O)O)c(N)c12. The van der Waals surface area contributed by atoms with Crippen LogP contribution in [0.3, 0.4) is 0 Å². The highest BCUT2D eigenvalue weighted by molar-refractivity contribution is 7.89. The fourth-order valence-corrected chi connectivity index (χ4v) is 7.40. The van der Waals surface area contributed by atoms with Crippen LogP contribution in [0.2, 0.25) is 0 Å². The predicted octanol–water partition coefficient (Wildman–Crippen LogP) is 4.30. The molecule has 4 aromatic rings. The highest BCUT2D eigenvalue weighted by Gasteiger charge is 2.25. The maximum absolute atomic E-state index is 12.7. The molecule has 12 heteroatoms. The topological polar surface area (TPSA) is 158 Å². The van der Waals surface area contributed by atoms with E-state index in [1.165, 1.54) is 12.1 Å². The van der Waals surface area contributed by atoms with Crippen molar-refractivity contribution in [2.24, 2.45) is 0 Å². The monoisotopic (exact) mass is 623 g/mol. The number of nitrogens with zero attached hydrogens (tertiary/aromatic N) is 2. The number of nitrogens with one attached hydrogen (secondary N) is 2. The molecular formula is C31H37N5O5S2. The number of carbonyl (C=O) groups is 1. The molecule has 10 nitrogen and oxygen atoms in total. The number of carboxylic acid groups (broad SMARTS) is 1. The van der Waals surface area contributed by atoms with Crippen molar-refractivity contribution in [3.05, 3.63) is 82.2 Å². The van der Waals surface area contributed by atoms with Crippen LogP contribution in [-0.4, -0.2) is 55.3 Å². The van der Waals surface area contributed by atoms with Crippen LogP contribution < -0.4 is 20.7 Å². The van der Waals surface area contributed by atoms with Gasteiger partial charge in [0.1, 0.15) is 15.5 Å². The second kappa shape index (κ2) is 13.4. The van der Waals surface area contributed by atoms with Gasteiger partial charge in [-0.15, -0.1) is 11.3 Å². The molecule has 0 bridgehead atoms. The van der Waals surface area contributed by atoms with Crippen molar-refractivity contribution in [1.29, 1.82) is 0 Å². The van der Waals surface area contributed by atoms with Gasteiger partial charge in [0.25, 0.3) is 0 Å². The molecule has 1 atom stereocenters. The molecule has 228 valence electrons. The van der Waals surface area contributed by atoms with Crippen LogP contribution in [0.15, 0.2) is 65.6 Å². The summed E-state index contributed by atoms with van der Waals surface area (Å²) in [6, 6.07) is 17.9. The van der Waals surface area contributed by atoms with E-state index in [9.17, 15) is 23.4 Å². The summed E-state index contributed by atoms with van der Waals surface area (Å²) in [6.07, 6.45) is 2.63. The van der Waals surface area contributed by atoms with Gasteiger partial charge in [-0.3, -0.25) is 0 Å². The lowest BCUT2D eigenvalue weighted by atomic mass is 10.0. The number of nitrogen functional groups attached to an aromatic ring is 1. The molecule has 1 fully saturated rings. The average molecular weight is 624 g/mol. The number of nitrogens with two attached hydrogens (primary N) is 1. The van der Waals surface area contributed by atoms with Crippen molar-refractivity contribution in [3.8, 4) is 0 Å². The molecule has 1 saturated heterocycles. The number of anilines is 2. The van der Waals surface area contributed by atoms with Crippen LogP contribution in [0.25, 0.3) is 10.2 Å². The van der Waals surface area contributed by atoms with E-state index in [1.54, 1.807) is 12.1 Å². The van der Waals surface area contributed by atoms with Crippen LogP contribution in [0.4, 0.5) is 11.5 Å². The number of fused-ring (bicyclic) bond motifs is 1. The highest BCUT2D eigenvalue weighted by Crippen LogP contribution is 2.37. The van der Waals surface area contributed by atoms with E-state index in [1.807, 2.05) is 36.4 Å². The molecule has 1 unspecified atom stereocenters. The zero-order chi connectivity index (χ0) is 30.6. The summed E-state index contributed by atoms with van der Waals surface area (Å²) in [6.45, 7) is 4.17. The van der Waals surface area contributed by atoms with Gasteiger partial charge in [0.15, 0.2) is 0 Å². The molecule has 43 heavy (non-hydrogen) atoms. The molecule has 0 saturated carbocycles. The number of aromatic carboxylic acids is 1. The molecule has 0 amide bonds. The number of aromatic nitrogens is 1. The molecule has 0 spiro atoms. The summed E-state index contributed by atoms with van der Waals surface area (Å²) >= 11 is 1.12. The zero-order valence-electron chi connectivity index (χ0n) is 24.0. The Morgan fingerprint density at radius 1 is 1.14 bits per heavy atom. The van der Waals surface area contributed by atoms with E-state index in [-0.39, 0.29) is 22.4 Å². The number of carboxylic acids is 1. The van der Waals surface area contributed by atoms with Crippen molar-refractivity contribution in [1.82, 2.24) is 15.0 Å². The summed E-state index contributed by atoms with van der Waals surface area (Å²) in [5, 5.41) is 24.5. The number of aryl methyl sites for hydroxylation is 1. The van der Waals surface area contributed by atoms with Crippen LogP contribution in [0, 0.1) is 0 Å². The first-order chi connectivity index (χ1) is 20.7. The lowest BCUT2D eigenvalue weighted by Gasteiger charge is -2.34. The Hall–Kier alpha value is -3.55. The Morgan fingerprint density at radius 2 is 1.84 bits per heavy atom. The van der Waals surface area contributed by atoms with Crippen molar-refractivity contribution in [2.75, 3.05) is 30.3 Å². The minimum absolute atomic E-state index is 0.134. The number of aliphatic hydroxyl groups excluding tert-OH is 1. The number of aliphatic hydroxyl groups is 1. The first-order valence-corrected chi connectivity index (χ1v) is 16.7. The standard InChI is InChI=1S/C31H37N5O5S2/c1-2-6-22-17-26(35-30-27(22)28(32)29(42-30)31(38)39)36-15-13-23(14-16-36)33-19-25(37)21-9-11-24(12-10-21)43(40,41)34-18-20-7-4-3-5-8-20/h3-5,7-12,17,23,25,33-34,37H,2,6,13-16,18-19,32H2,1H3,(H,38,39). The van der Waals surface area contributed by atoms with Crippen molar-refractivity contribution >= 4 is 49.1 Å². The lowest BCUT2D eigenvalue weighted by molar-refractivity contribution is 0.0703. The van der Waals surface area contributed by atoms with Crippen LogP contribution in [0.1, 0.15) is 58.7 Å². The Labute approximate surface area is 255 Å². The van der Waals surface area contributed by atoms with Crippen molar-refractivity contribution < 1.29 is 23.4 Å². The second-order valence-electron chi connectivity index (χ2n) is 10.8. The maximum atomic E-state index is 12.7. The van der Waals surface area contributed by atoms with Gasteiger partial charge in [-0.1, -0.05) is 55.8 Å². The number of rotatable bonds is 12. The maximum Gasteiger partial charge on any atom is 0.348 e. The fourth-order valence-electron chi connectivity index (χ4n) is 5.41. The summed E-state index contributed by atoms with van der Waals surface area (Å²) in [5.41, 5.74) is 9.03. The lowest BCUT2D eigenvalue weighted by Crippen LogP contribution is -2.44. The molecule has 0 aliphatic carbocycles. The van der Waals surface area contributed by atoms with Crippen LogP contribution in [-0.2, 0) is 23.0 Å². The Balaban J connectivity index is 1.15. The quantitative estimate of drug-likeness (QED) is 0.155. The number of piperidine rings is 1. The number of sulfonamides is 1. The Morgan fingerprint density at radius 3 is 2.49 bits per heavy atom. The third kappa shape index (κ3) is 7.16. The molecule has 1 aliphatic rings. The predicted molar refractivity (Wildman–Crippen MR) is 170 cm³/mol. The Bertz CT molecular complexity index is 1670. The second-order valence-corrected chi connectivity index (χ2v) is 13.6. The number of hydrogen-bond donors (Lipinski definition) is 5. The largest absolute Gasteiger partial charge is 0.477 e. The van der Waals surface area contributed by atoms with E-state index in [4.69, 9.17) is 10.7 Å². The van der Waals surface area contributed by atoms with E-state index in [2.05, 4.69) is 21.9 Å². The minimum Gasteiger partial charge on any atom is -0.477 e. The smallest absolute Gasteiger partial charge is 0.348 e. The van der Waals surface area contributed by atoms with Crippen LogP contribution in [0.5, 0.6) is 0 Å². The zero-order valence-corrected chi connectivity index (χ0v) is 25.6. The van der Waals surface area contributed by atoms with Gasteiger partial charge in [-0.2, -0.15) is 0 Å². The van der Waals surface area contributed by atoms with Gasteiger partial charge in [-0.05, 0) is 54.2 Å². The van der Waals surface area contributed by atoms with Gasteiger partial charge in [0.05, 0.1) is 16.7 Å². The fraction of sp³-hybridized carbons (Fsp3) is 0.355. The number of benzene rings is 2. The number of thiophene rings is 1. The van der Waals surface area contributed by atoms with E-state index in [0.717, 1.165) is 72.4 Å². The molecule has 3 heterocycles. The summed E-state index contributed by atoms with van der Waals surface area (Å²) in [4.78, 5) is 19.6. The van der Waals surface area contributed by atoms with Gasteiger partial charge >= 0.3 is 5.97 Å². The first-order valence-electron chi connectivity index (χ1n) is 14.4. The van der Waals surface area contributed by atoms with Gasteiger partial charge in [0, 0.05) is 37.6 Å². The third-order valence-corrected chi connectivity index (χ3v) is 10.3. The molecule has 2 aromatic heterocycles. The van der Waals surface area contributed by atoms with Crippen LogP contribution >= 0.6 is 11.3 Å². The molecular weight excluding hydrogens is 587 g/mol. The third-order valence-electron chi connectivity index (χ3n) is 7.78. The van der Waals surface area contributed by atoms with E-state index in [0.29, 0.717) is 22.6 Å². The summed E-state index contributed by atoms with van der Waals surface area (Å²) < 4.78 is 28.0. The number of hydrogen-bond acceptors (Lipinski definition) is 9. The molecule has 1 aliphatic heterocycles. The van der Waals surface area contributed by atoms with E-state index < -0.39 is 22.1 Å². The van der Waals surface area contributed by atoms with Gasteiger partial charge < -0.3 is 26.2 Å². The van der Waals surface area contributed by atoms with E-state index >= 15 is 0 Å². The first kappa shape index (κ1) is 30.9. The van der Waals surface area contributed by atoms with Crippen molar-refractivity contribution in [3.63, 3.8) is 0 Å². The van der Waals surface area contributed by atoms with Gasteiger partial charge in [0.2, 0.25) is 10.0 Å². The normalized spacial score (nSPS) is 15.2. The summed E-state index contributed by atoms with van der Waals surface area (Å²) in [7, 11) is -3.67. The number of pyridine rings is 1. The highest BCUT2D eigenvalue weighted by atomic mass is 32.2. The average Bonchev–Trinajstić information content (AvgIpc) is 3.36. The Kier molecular flexibility index (Phi) is 9.62. The van der Waals surface area contributed by atoms with Gasteiger partial charge in [-0.25, -0.2) is 22.9 Å². The molecule has 5 rings (SSSR count). The molecule has 6 N–H and O–H groups in total. The summed E-state index contributed by atoms with van der Waals surface area (Å²) in [5.74, 6) is -0.198. The molecule has 0 radical (unpaired) electrons. The minimum atomic E-state index is -3.67. The molecule has 2 aromatic carbocycles.